The second-order valence-corrected chi connectivity index (χ2v) is 4.44. The Morgan fingerprint density at radius 1 is 1.44 bits per heavy atom. The molecular weight excluding hydrogens is 234 g/mol. The van der Waals surface area contributed by atoms with Crippen molar-refractivity contribution in [2.75, 3.05) is 18.1 Å². The van der Waals surface area contributed by atoms with Crippen LogP contribution in [0.3, 0.4) is 0 Å². The summed E-state index contributed by atoms with van der Waals surface area (Å²) in [7, 11) is 0. The highest BCUT2D eigenvalue weighted by Crippen LogP contribution is 2.07. The zero-order chi connectivity index (χ0) is 12.6. The van der Waals surface area contributed by atoms with Crippen molar-refractivity contribution in [3.63, 3.8) is 0 Å². The van der Waals surface area contributed by atoms with Gasteiger partial charge in [-0.15, -0.1) is 0 Å². The maximum atomic E-state index is 10.7. The highest BCUT2D eigenvalue weighted by Gasteiger charge is 2.17. The van der Waals surface area contributed by atoms with Crippen LogP contribution in [0.4, 0.5) is 0 Å². The van der Waals surface area contributed by atoms with E-state index in [1.54, 1.807) is 0 Å². The highest BCUT2D eigenvalue weighted by atomic mass is 32.2. The number of carboxylic acids is 1. The maximum absolute atomic E-state index is 10.7. The third-order valence-corrected chi connectivity index (χ3v) is 2.86. The summed E-state index contributed by atoms with van der Waals surface area (Å²) < 4.78 is 0. The number of aliphatic carboxylic acids is 1. The summed E-state index contributed by atoms with van der Waals surface area (Å²) in [6.45, 7) is 0.963. The third kappa shape index (κ3) is 7.49. The Morgan fingerprint density at radius 2 is 2.06 bits per heavy atom. The van der Waals surface area contributed by atoms with Gasteiger partial charge in [0.1, 0.15) is 6.04 Å². The first-order chi connectivity index (χ1) is 7.47. The van der Waals surface area contributed by atoms with Gasteiger partial charge in [-0.05, 0) is 12.2 Å². The van der Waals surface area contributed by atoms with Crippen LogP contribution in [-0.4, -0.2) is 57.5 Å². The van der Waals surface area contributed by atoms with E-state index >= 15 is 0 Å². The average Bonchev–Trinajstić information content (AvgIpc) is 2.21. The van der Waals surface area contributed by atoms with Crippen molar-refractivity contribution in [1.29, 1.82) is 0 Å². The molecule has 0 radical (unpaired) electrons. The van der Waals surface area contributed by atoms with Gasteiger partial charge in [0.2, 0.25) is 5.91 Å². The van der Waals surface area contributed by atoms with Crippen LogP contribution in [0.15, 0.2) is 0 Å². The number of rotatable bonds is 8. The lowest BCUT2D eigenvalue weighted by Crippen LogP contribution is -2.41. The van der Waals surface area contributed by atoms with Crippen LogP contribution in [0.5, 0.6) is 0 Å². The molecule has 2 atom stereocenters. The van der Waals surface area contributed by atoms with Gasteiger partial charge in [0.05, 0.1) is 12.7 Å². The Hall–Kier alpha value is -0.790. The molecule has 0 aliphatic carbocycles. The standard InChI is InChI=1S/C9H17NO5S/c1-6(12)10-8(9(14)15)5-16-3-2-7(13)4-11/h7-8,11,13H,2-5H2,1H3,(H,10,12)(H,14,15)/t7?,8-/m1/s1. The van der Waals surface area contributed by atoms with Crippen LogP contribution in [-0.2, 0) is 9.59 Å². The van der Waals surface area contributed by atoms with Crippen LogP contribution >= 0.6 is 11.8 Å². The second-order valence-electron chi connectivity index (χ2n) is 3.29. The summed E-state index contributed by atoms with van der Waals surface area (Å²) in [5, 5.41) is 28.6. The number of hydrogen-bond acceptors (Lipinski definition) is 5. The van der Waals surface area contributed by atoms with Gasteiger partial charge in [-0.3, -0.25) is 4.79 Å². The van der Waals surface area contributed by atoms with Crippen molar-refractivity contribution in [2.45, 2.75) is 25.5 Å². The first kappa shape index (κ1) is 15.2. The average molecular weight is 251 g/mol. The Kier molecular flexibility index (Phi) is 7.96. The Bertz CT molecular complexity index is 236. The largest absolute Gasteiger partial charge is 0.480 e. The number of carbonyl (C=O) groups excluding carboxylic acids is 1. The first-order valence-corrected chi connectivity index (χ1v) is 5.99. The molecule has 7 heteroatoms. The van der Waals surface area contributed by atoms with Gasteiger partial charge in [0.25, 0.3) is 0 Å². The summed E-state index contributed by atoms with van der Waals surface area (Å²) in [6.07, 6.45) is -0.371. The molecule has 0 aromatic heterocycles. The van der Waals surface area contributed by atoms with Crippen molar-refractivity contribution >= 4 is 23.6 Å². The Morgan fingerprint density at radius 3 is 2.50 bits per heavy atom. The van der Waals surface area contributed by atoms with Crippen LogP contribution in [0.1, 0.15) is 13.3 Å². The van der Waals surface area contributed by atoms with Crippen LogP contribution in [0.2, 0.25) is 0 Å². The fraction of sp³-hybridized carbons (Fsp3) is 0.778. The summed E-state index contributed by atoms with van der Waals surface area (Å²) in [4.78, 5) is 21.4. The molecule has 0 fully saturated rings. The number of thioether (sulfide) groups is 1. The molecule has 6 nitrogen and oxygen atoms in total. The molecule has 0 aromatic rings. The molecule has 0 aromatic carbocycles. The molecule has 1 amide bonds. The predicted molar refractivity (Wildman–Crippen MR) is 60.3 cm³/mol. The van der Waals surface area contributed by atoms with E-state index in [0.717, 1.165) is 0 Å². The predicted octanol–water partition coefficient (Wildman–Crippen LogP) is -0.948. The molecule has 4 N–H and O–H groups in total. The second kappa shape index (κ2) is 8.37. The normalized spacial score (nSPS) is 14.2. The molecular formula is C9H17NO5S. The monoisotopic (exact) mass is 251 g/mol. The fourth-order valence-corrected chi connectivity index (χ4v) is 2.00. The van der Waals surface area contributed by atoms with E-state index < -0.39 is 18.1 Å². The van der Waals surface area contributed by atoms with E-state index in [4.69, 9.17) is 15.3 Å². The van der Waals surface area contributed by atoms with Gasteiger partial charge in [0, 0.05) is 12.7 Å². The molecule has 0 saturated carbocycles. The minimum Gasteiger partial charge on any atom is -0.480 e. The number of aliphatic hydroxyl groups is 2. The van der Waals surface area contributed by atoms with Crippen molar-refractivity contribution in [3.8, 4) is 0 Å². The molecule has 0 aliphatic rings. The Balaban J connectivity index is 3.77. The van der Waals surface area contributed by atoms with Gasteiger partial charge in [-0.1, -0.05) is 0 Å². The number of hydrogen-bond donors (Lipinski definition) is 4. The van der Waals surface area contributed by atoms with E-state index in [1.165, 1.54) is 18.7 Å². The molecule has 0 aliphatic heterocycles. The quantitative estimate of drug-likeness (QED) is 0.414. The smallest absolute Gasteiger partial charge is 0.327 e. The van der Waals surface area contributed by atoms with E-state index in [1.807, 2.05) is 0 Å². The molecule has 94 valence electrons. The number of carbonyl (C=O) groups is 2. The van der Waals surface area contributed by atoms with Crippen molar-refractivity contribution in [1.82, 2.24) is 5.32 Å². The van der Waals surface area contributed by atoms with Crippen molar-refractivity contribution in [3.05, 3.63) is 0 Å². The van der Waals surface area contributed by atoms with Gasteiger partial charge in [0.15, 0.2) is 0 Å². The number of aliphatic hydroxyl groups excluding tert-OH is 2. The molecule has 0 spiro atoms. The lowest BCUT2D eigenvalue weighted by Gasteiger charge is -2.13. The number of amides is 1. The maximum Gasteiger partial charge on any atom is 0.327 e. The van der Waals surface area contributed by atoms with E-state index in [9.17, 15) is 9.59 Å². The minimum absolute atomic E-state index is 0.243. The zero-order valence-corrected chi connectivity index (χ0v) is 9.87. The van der Waals surface area contributed by atoms with Crippen LogP contribution in [0, 0.1) is 0 Å². The first-order valence-electron chi connectivity index (χ1n) is 4.84. The lowest BCUT2D eigenvalue weighted by molar-refractivity contribution is -0.140. The molecule has 1 unspecified atom stereocenters. The SMILES string of the molecule is CC(=O)N[C@H](CSCCC(O)CO)C(=O)O. The highest BCUT2D eigenvalue weighted by molar-refractivity contribution is 7.99. The number of carboxylic acid groups (broad SMARTS) is 1. The van der Waals surface area contributed by atoms with E-state index in [2.05, 4.69) is 5.32 Å². The third-order valence-electron chi connectivity index (χ3n) is 1.77. The van der Waals surface area contributed by atoms with Gasteiger partial charge in [-0.2, -0.15) is 11.8 Å². The molecule has 0 bridgehead atoms. The zero-order valence-electron chi connectivity index (χ0n) is 9.05. The Labute approximate surface area is 98.0 Å². The molecule has 16 heavy (non-hydrogen) atoms. The fourth-order valence-electron chi connectivity index (χ4n) is 0.932. The van der Waals surface area contributed by atoms with Crippen molar-refractivity contribution in [2.24, 2.45) is 0 Å². The molecule has 0 heterocycles. The number of nitrogens with one attached hydrogen (secondary N) is 1. The summed E-state index contributed by atoms with van der Waals surface area (Å²) >= 11 is 1.31. The van der Waals surface area contributed by atoms with Crippen LogP contribution in [0.25, 0.3) is 0 Å². The minimum atomic E-state index is -1.08. The van der Waals surface area contributed by atoms with Gasteiger partial charge < -0.3 is 20.6 Å². The summed E-state index contributed by atoms with van der Waals surface area (Å²) in [5.74, 6) is -0.688. The molecule has 0 rings (SSSR count). The van der Waals surface area contributed by atoms with E-state index in [0.29, 0.717) is 12.2 Å². The topological polar surface area (TPSA) is 107 Å². The van der Waals surface area contributed by atoms with Crippen LogP contribution < -0.4 is 5.32 Å². The van der Waals surface area contributed by atoms with E-state index in [-0.39, 0.29) is 18.3 Å². The summed E-state index contributed by atoms with van der Waals surface area (Å²) in [6, 6.07) is -0.909. The lowest BCUT2D eigenvalue weighted by atomic mass is 10.3. The molecule has 0 saturated heterocycles. The van der Waals surface area contributed by atoms with Gasteiger partial charge in [-0.25, -0.2) is 4.79 Å². The van der Waals surface area contributed by atoms with Crippen molar-refractivity contribution < 1.29 is 24.9 Å². The summed E-state index contributed by atoms with van der Waals surface area (Å²) in [5.41, 5.74) is 0. The van der Waals surface area contributed by atoms with Gasteiger partial charge >= 0.3 is 5.97 Å².